The minimum absolute atomic E-state index is 0.530. The third-order valence-electron chi connectivity index (χ3n) is 6.15. The highest BCUT2D eigenvalue weighted by atomic mass is 16.5. The highest BCUT2D eigenvalue weighted by molar-refractivity contribution is 4.83. The smallest absolute Gasteiger partial charge is 0.0593 e. The number of hydrogen-bond donors (Lipinski definition) is 1. The first-order valence-electron chi connectivity index (χ1n) is 10.3. The molecule has 4 atom stereocenters. The van der Waals surface area contributed by atoms with Crippen LogP contribution in [0.2, 0.25) is 0 Å². The molecule has 128 valence electrons. The van der Waals surface area contributed by atoms with E-state index in [0.717, 1.165) is 12.1 Å². The van der Waals surface area contributed by atoms with Crippen molar-refractivity contribution in [3.63, 3.8) is 0 Å². The number of nitrogens with one attached hydrogen (secondary N) is 1. The summed E-state index contributed by atoms with van der Waals surface area (Å²) in [6.45, 7) is 0. The predicted octanol–water partition coefficient (Wildman–Crippen LogP) is 5.35. The molecule has 0 aromatic heterocycles. The van der Waals surface area contributed by atoms with Crippen molar-refractivity contribution in [3.05, 3.63) is 0 Å². The van der Waals surface area contributed by atoms with E-state index < -0.39 is 0 Å². The maximum absolute atomic E-state index is 6.65. The van der Waals surface area contributed by atoms with E-state index in [-0.39, 0.29) is 0 Å². The van der Waals surface area contributed by atoms with Gasteiger partial charge >= 0.3 is 0 Å². The van der Waals surface area contributed by atoms with Gasteiger partial charge in [-0.3, -0.25) is 0 Å². The van der Waals surface area contributed by atoms with E-state index in [4.69, 9.17) is 4.74 Å². The van der Waals surface area contributed by atoms with Crippen molar-refractivity contribution in [2.75, 3.05) is 0 Å². The molecule has 1 heterocycles. The molecular formula is C20H37NO. The van der Waals surface area contributed by atoms with E-state index in [0.29, 0.717) is 12.2 Å². The van der Waals surface area contributed by atoms with Gasteiger partial charge in [-0.2, -0.15) is 0 Å². The summed E-state index contributed by atoms with van der Waals surface area (Å²) in [5, 5.41) is 4.07. The van der Waals surface area contributed by atoms with Crippen LogP contribution < -0.4 is 5.32 Å². The Labute approximate surface area is 137 Å². The van der Waals surface area contributed by atoms with Crippen LogP contribution in [0.1, 0.15) is 103 Å². The van der Waals surface area contributed by atoms with Crippen LogP contribution in [0.15, 0.2) is 0 Å². The Balaban J connectivity index is 1.70. The fourth-order valence-corrected chi connectivity index (χ4v) is 4.82. The lowest BCUT2D eigenvalue weighted by Gasteiger charge is -2.27. The number of ether oxygens (including phenoxy) is 1. The van der Waals surface area contributed by atoms with E-state index in [1.165, 1.54) is 103 Å². The lowest BCUT2D eigenvalue weighted by Crippen LogP contribution is -2.39. The summed E-state index contributed by atoms with van der Waals surface area (Å²) >= 11 is 0. The zero-order chi connectivity index (χ0) is 15.0. The van der Waals surface area contributed by atoms with Gasteiger partial charge in [0.05, 0.1) is 12.2 Å². The van der Waals surface area contributed by atoms with E-state index in [9.17, 15) is 0 Å². The quantitative estimate of drug-likeness (QED) is 0.651. The zero-order valence-electron chi connectivity index (χ0n) is 14.5. The van der Waals surface area contributed by atoms with Crippen molar-refractivity contribution in [2.45, 2.75) is 127 Å². The van der Waals surface area contributed by atoms with Gasteiger partial charge in [-0.1, -0.05) is 57.8 Å². The Morgan fingerprint density at radius 1 is 0.500 bits per heavy atom. The third kappa shape index (κ3) is 5.53. The van der Waals surface area contributed by atoms with Crippen LogP contribution in [0.3, 0.4) is 0 Å². The summed E-state index contributed by atoms with van der Waals surface area (Å²) in [5.74, 6) is 0. The molecule has 3 fully saturated rings. The van der Waals surface area contributed by atoms with Gasteiger partial charge < -0.3 is 10.1 Å². The van der Waals surface area contributed by atoms with Crippen molar-refractivity contribution in [1.82, 2.24) is 5.32 Å². The Morgan fingerprint density at radius 3 is 1.86 bits per heavy atom. The van der Waals surface area contributed by atoms with Crippen molar-refractivity contribution in [1.29, 1.82) is 0 Å². The molecule has 0 spiro atoms. The molecule has 2 heteroatoms. The summed E-state index contributed by atoms with van der Waals surface area (Å²) in [6.07, 6.45) is 23.1. The van der Waals surface area contributed by atoms with E-state index >= 15 is 0 Å². The van der Waals surface area contributed by atoms with Gasteiger partial charge in [0.2, 0.25) is 0 Å². The molecule has 3 aliphatic rings. The molecular weight excluding hydrogens is 270 g/mol. The summed E-state index contributed by atoms with van der Waals surface area (Å²) in [4.78, 5) is 0. The molecule has 0 aromatic rings. The molecule has 1 saturated heterocycles. The first kappa shape index (κ1) is 16.8. The van der Waals surface area contributed by atoms with Crippen LogP contribution in [-0.2, 0) is 4.74 Å². The van der Waals surface area contributed by atoms with Crippen LogP contribution in [0.4, 0.5) is 0 Å². The monoisotopic (exact) mass is 307 g/mol. The lowest BCUT2D eigenvalue weighted by atomic mass is 9.98. The molecule has 4 bridgehead atoms. The molecule has 0 radical (unpaired) electrons. The standard InChI is InChI=1S/C20H37NO/c1-2-6-10-17-14-15-19(12-8-3-1)22-20-13-9-5-4-7-11-18(16-20)21-17/h17-21H,1-16H2. The minimum atomic E-state index is 0.530. The van der Waals surface area contributed by atoms with Gasteiger partial charge in [0.15, 0.2) is 0 Å². The van der Waals surface area contributed by atoms with Gasteiger partial charge in [-0.15, -0.1) is 0 Å². The second-order valence-electron chi connectivity index (χ2n) is 8.09. The molecule has 2 aliphatic carbocycles. The van der Waals surface area contributed by atoms with Crippen molar-refractivity contribution < 1.29 is 4.74 Å². The van der Waals surface area contributed by atoms with Gasteiger partial charge in [0.25, 0.3) is 0 Å². The van der Waals surface area contributed by atoms with Crippen LogP contribution in [0.25, 0.3) is 0 Å². The maximum Gasteiger partial charge on any atom is 0.0593 e. The molecule has 1 N–H and O–H groups in total. The topological polar surface area (TPSA) is 21.3 Å². The number of fused-ring (bicyclic) bond motifs is 5. The van der Waals surface area contributed by atoms with Crippen LogP contribution in [0.5, 0.6) is 0 Å². The lowest BCUT2D eigenvalue weighted by molar-refractivity contribution is -0.0309. The van der Waals surface area contributed by atoms with Gasteiger partial charge in [0.1, 0.15) is 0 Å². The first-order valence-corrected chi connectivity index (χ1v) is 10.3. The molecule has 2 nitrogen and oxygen atoms in total. The molecule has 2 saturated carbocycles. The number of hydrogen-bond acceptors (Lipinski definition) is 2. The molecule has 4 unspecified atom stereocenters. The zero-order valence-corrected chi connectivity index (χ0v) is 14.5. The van der Waals surface area contributed by atoms with Crippen molar-refractivity contribution in [2.24, 2.45) is 0 Å². The molecule has 0 aromatic carbocycles. The fraction of sp³-hybridized carbons (Fsp3) is 1.00. The third-order valence-corrected chi connectivity index (χ3v) is 6.15. The Bertz CT molecular complexity index is 278. The van der Waals surface area contributed by atoms with Gasteiger partial charge in [-0.05, 0) is 44.9 Å². The second-order valence-corrected chi connectivity index (χ2v) is 8.09. The SMILES string of the molecule is C1CCCC2CCC(CCC1)OC1CCCCCCC(C1)N2. The predicted molar refractivity (Wildman–Crippen MR) is 93.2 cm³/mol. The Morgan fingerprint density at radius 2 is 1.09 bits per heavy atom. The Kier molecular flexibility index (Phi) is 7.07. The highest BCUT2D eigenvalue weighted by Gasteiger charge is 2.27. The van der Waals surface area contributed by atoms with Crippen LogP contribution in [-0.4, -0.2) is 24.3 Å². The average Bonchev–Trinajstić information content (AvgIpc) is 2.64. The fourth-order valence-electron chi connectivity index (χ4n) is 4.82. The van der Waals surface area contributed by atoms with Crippen molar-refractivity contribution in [3.8, 4) is 0 Å². The molecule has 1 aliphatic heterocycles. The minimum Gasteiger partial charge on any atom is -0.375 e. The summed E-state index contributed by atoms with van der Waals surface area (Å²) in [5.41, 5.74) is 0. The normalized spacial score (nSPS) is 39.3. The molecule has 22 heavy (non-hydrogen) atoms. The van der Waals surface area contributed by atoms with Gasteiger partial charge in [-0.25, -0.2) is 0 Å². The summed E-state index contributed by atoms with van der Waals surface area (Å²) in [6, 6.07) is 1.48. The van der Waals surface area contributed by atoms with E-state index in [2.05, 4.69) is 5.32 Å². The number of rotatable bonds is 0. The highest BCUT2D eigenvalue weighted by Crippen LogP contribution is 2.28. The van der Waals surface area contributed by atoms with Gasteiger partial charge in [0, 0.05) is 12.1 Å². The largest absolute Gasteiger partial charge is 0.375 e. The van der Waals surface area contributed by atoms with Crippen LogP contribution >= 0.6 is 0 Å². The molecule has 3 rings (SSSR count). The first-order chi connectivity index (χ1) is 10.9. The Hall–Kier alpha value is -0.0800. The summed E-state index contributed by atoms with van der Waals surface area (Å²) in [7, 11) is 0. The maximum atomic E-state index is 6.65. The van der Waals surface area contributed by atoms with Crippen LogP contribution in [0, 0.1) is 0 Å². The van der Waals surface area contributed by atoms with E-state index in [1.54, 1.807) is 0 Å². The van der Waals surface area contributed by atoms with E-state index in [1.807, 2.05) is 0 Å². The second kappa shape index (κ2) is 9.27. The average molecular weight is 308 g/mol. The molecule has 0 amide bonds. The van der Waals surface area contributed by atoms with Crippen molar-refractivity contribution >= 4 is 0 Å². The summed E-state index contributed by atoms with van der Waals surface area (Å²) < 4.78 is 6.65.